The van der Waals surface area contributed by atoms with Gasteiger partial charge < -0.3 is 5.32 Å². The van der Waals surface area contributed by atoms with Crippen LogP contribution in [0.4, 0.5) is 27.8 Å². The predicted molar refractivity (Wildman–Crippen MR) is 91.1 cm³/mol. The second-order valence-corrected chi connectivity index (χ2v) is 6.46. The number of fused-ring (bicyclic) bond motifs is 1. The Morgan fingerprint density at radius 3 is 2.56 bits per heavy atom. The lowest BCUT2D eigenvalue weighted by Crippen LogP contribution is -2.07. The van der Waals surface area contributed by atoms with E-state index in [1.54, 1.807) is 0 Å². The third kappa shape index (κ3) is 3.03. The molecule has 0 aliphatic carbocycles. The average Bonchev–Trinajstić information content (AvgIpc) is 3.17. The smallest absolute Gasteiger partial charge is 0.369 e. The molecule has 2 aromatic carbocycles. The van der Waals surface area contributed by atoms with Crippen molar-refractivity contribution in [3.63, 3.8) is 0 Å². The summed E-state index contributed by atoms with van der Waals surface area (Å²) in [7, 11) is 0. The monoisotopic (exact) mass is 399 g/mol. The van der Waals surface area contributed by atoms with Crippen molar-refractivity contribution >= 4 is 17.4 Å². The molecule has 0 saturated carbocycles. The Bertz CT molecular complexity index is 1040. The second-order valence-electron chi connectivity index (χ2n) is 6.05. The standard InChI is InChI=1S/C18H11ClF5N3/c19-13-3-1-9(7-12(13)18(22,23)24)16-11-5-6-25-17(11)27(26-16)15-4-2-10(20)8-14(15)21/h1-4,7-8,25H,5-6H2. The number of hydrogen-bond donors (Lipinski definition) is 1. The van der Waals surface area contributed by atoms with Gasteiger partial charge in [-0.15, -0.1) is 0 Å². The maximum Gasteiger partial charge on any atom is 0.417 e. The Balaban J connectivity index is 1.89. The van der Waals surface area contributed by atoms with Crippen LogP contribution in [0.15, 0.2) is 36.4 Å². The second kappa shape index (κ2) is 6.23. The molecule has 1 aliphatic heterocycles. The van der Waals surface area contributed by atoms with Gasteiger partial charge in [0.25, 0.3) is 0 Å². The normalized spacial score (nSPS) is 13.6. The van der Waals surface area contributed by atoms with Gasteiger partial charge in [-0.25, -0.2) is 13.5 Å². The highest BCUT2D eigenvalue weighted by atomic mass is 35.5. The first kappa shape index (κ1) is 17.8. The fraction of sp³-hybridized carbons (Fsp3) is 0.167. The van der Waals surface area contributed by atoms with Gasteiger partial charge in [-0.2, -0.15) is 18.3 Å². The molecule has 0 bridgehead atoms. The molecule has 0 fully saturated rings. The van der Waals surface area contributed by atoms with Crippen LogP contribution in [0.25, 0.3) is 16.9 Å². The summed E-state index contributed by atoms with van der Waals surface area (Å²) in [6.07, 6.45) is -4.10. The highest BCUT2D eigenvalue weighted by Gasteiger charge is 2.34. The summed E-state index contributed by atoms with van der Waals surface area (Å²) in [4.78, 5) is 0. The Hall–Kier alpha value is -2.61. The molecule has 0 radical (unpaired) electrons. The third-order valence-corrected chi connectivity index (χ3v) is 4.66. The number of nitrogens with zero attached hydrogens (tertiary/aromatic N) is 2. The zero-order valence-corrected chi connectivity index (χ0v) is 14.3. The van der Waals surface area contributed by atoms with Crippen molar-refractivity contribution in [3.05, 3.63) is 64.2 Å². The summed E-state index contributed by atoms with van der Waals surface area (Å²) in [5, 5.41) is 6.93. The molecule has 0 unspecified atom stereocenters. The van der Waals surface area contributed by atoms with E-state index in [1.165, 1.54) is 16.8 Å². The molecule has 4 rings (SSSR count). The lowest BCUT2D eigenvalue weighted by molar-refractivity contribution is -0.137. The Morgan fingerprint density at radius 2 is 1.85 bits per heavy atom. The van der Waals surface area contributed by atoms with Crippen LogP contribution in [0.5, 0.6) is 0 Å². The van der Waals surface area contributed by atoms with Crippen molar-refractivity contribution < 1.29 is 22.0 Å². The summed E-state index contributed by atoms with van der Waals surface area (Å²) in [6.45, 7) is 0.530. The van der Waals surface area contributed by atoms with Crippen molar-refractivity contribution in [2.24, 2.45) is 0 Å². The Morgan fingerprint density at radius 1 is 1.07 bits per heavy atom. The lowest BCUT2D eigenvalue weighted by atomic mass is 10.0. The van der Waals surface area contributed by atoms with E-state index in [-0.39, 0.29) is 11.3 Å². The summed E-state index contributed by atoms with van der Waals surface area (Å²) < 4.78 is 68.2. The summed E-state index contributed by atoms with van der Waals surface area (Å²) in [6, 6.07) is 6.56. The molecule has 2 heterocycles. The highest BCUT2D eigenvalue weighted by Crippen LogP contribution is 2.40. The van der Waals surface area contributed by atoms with Crippen LogP contribution in [0.1, 0.15) is 11.1 Å². The maximum absolute atomic E-state index is 14.2. The number of anilines is 1. The number of aromatic nitrogens is 2. The minimum Gasteiger partial charge on any atom is -0.369 e. The largest absolute Gasteiger partial charge is 0.417 e. The molecular weight excluding hydrogens is 389 g/mol. The SMILES string of the molecule is Fc1ccc(-n2nc(-c3ccc(Cl)c(C(F)(F)F)c3)c3c2NCC3)c(F)c1. The summed E-state index contributed by atoms with van der Waals surface area (Å²) in [5.41, 5.74) is 0.199. The van der Waals surface area contributed by atoms with Crippen LogP contribution in [0, 0.1) is 11.6 Å². The molecule has 1 N–H and O–H groups in total. The van der Waals surface area contributed by atoms with Crippen molar-refractivity contribution in [2.45, 2.75) is 12.6 Å². The van der Waals surface area contributed by atoms with Gasteiger partial charge in [-0.05, 0) is 30.7 Å². The zero-order chi connectivity index (χ0) is 19.3. The van der Waals surface area contributed by atoms with Gasteiger partial charge in [0.1, 0.15) is 17.3 Å². The molecular formula is C18H11ClF5N3. The van der Waals surface area contributed by atoms with E-state index >= 15 is 0 Å². The zero-order valence-electron chi connectivity index (χ0n) is 13.5. The number of alkyl halides is 3. The predicted octanol–water partition coefficient (Wildman–Crippen LogP) is 5.46. The van der Waals surface area contributed by atoms with E-state index in [9.17, 15) is 22.0 Å². The topological polar surface area (TPSA) is 29.9 Å². The average molecular weight is 400 g/mol. The van der Waals surface area contributed by atoms with E-state index in [1.807, 2.05) is 0 Å². The van der Waals surface area contributed by atoms with Crippen molar-refractivity contribution in [3.8, 4) is 16.9 Å². The minimum atomic E-state index is -4.61. The molecule has 1 aromatic heterocycles. The minimum absolute atomic E-state index is 0.00157. The molecule has 9 heteroatoms. The van der Waals surface area contributed by atoms with E-state index in [0.717, 1.165) is 24.3 Å². The van der Waals surface area contributed by atoms with E-state index in [2.05, 4.69) is 10.4 Å². The number of halogens is 6. The van der Waals surface area contributed by atoms with Crippen LogP contribution >= 0.6 is 11.6 Å². The molecule has 140 valence electrons. The van der Waals surface area contributed by atoms with E-state index < -0.39 is 28.4 Å². The van der Waals surface area contributed by atoms with Crippen LogP contribution in [0.2, 0.25) is 5.02 Å². The lowest BCUT2D eigenvalue weighted by Gasteiger charge is -2.10. The molecule has 1 aliphatic rings. The number of benzene rings is 2. The van der Waals surface area contributed by atoms with Gasteiger partial charge in [0.05, 0.1) is 16.3 Å². The van der Waals surface area contributed by atoms with Gasteiger partial charge in [0, 0.05) is 23.7 Å². The maximum atomic E-state index is 14.2. The van der Waals surface area contributed by atoms with Crippen LogP contribution in [0.3, 0.4) is 0 Å². The van der Waals surface area contributed by atoms with Gasteiger partial charge in [-0.1, -0.05) is 17.7 Å². The number of hydrogen-bond acceptors (Lipinski definition) is 2. The van der Waals surface area contributed by atoms with Gasteiger partial charge in [0.2, 0.25) is 0 Å². The van der Waals surface area contributed by atoms with Crippen molar-refractivity contribution in [2.75, 3.05) is 11.9 Å². The first-order chi connectivity index (χ1) is 12.8. The van der Waals surface area contributed by atoms with E-state index in [4.69, 9.17) is 11.6 Å². The van der Waals surface area contributed by atoms with Gasteiger partial charge >= 0.3 is 6.18 Å². The summed E-state index contributed by atoms with van der Waals surface area (Å²) >= 11 is 5.68. The highest BCUT2D eigenvalue weighted by molar-refractivity contribution is 6.31. The van der Waals surface area contributed by atoms with Gasteiger partial charge in [-0.3, -0.25) is 0 Å². The first-order valence-electron chi connectivity index (χ1n) is 7.94. The van der Waals surface area contributed by atoms with Crippen LogP contribution in [-0.2, 0) is 12.6 Å². The fourth-order valence-electron chi connectivity index (χ4n) is 3.12. The molecule has 27 heavy (non-hydrogen) atoms. The fourth-order valence-corrected chi connectivity index (χ4v) is 3.35. The Kier molecular flexibility index (Phi) is 4.10. The molecule has 0 spiro atoms. The molecule has 0 amide bonds. The van der Waals surface area contributed by atoms with Crippen molar-refractivity contribution in [1.82, 2.24) is 9.78 Å². The quantitative estimate of drug-likeness (QED) is 0.580. The molecule has 3 aromatic rings. The summed E-state index contributed by atoms with van der Waals surface area (Å²) in [5.74, 6) is -1.09. The molecule has 0 atom stereocenters. The van der Waals surface area contributed by atoms with E-state index in [0.29, 0.717) is 30.0 Å². The van der Waals surface area contributed by atoms with Crippen LogP contribution in [-0.4, -0.2) is 16.3 Å². The Labute approximate surface area is 155 Å². The number of nitrogens with one attached hydrogen (secondary N) is 1. The number of rotatable bonds is 2. The first-order valence-corrected chi connectivity index (χ1v) is 8.32. The third-order valence-electron chi connectivity index (χ3n) is 4.33. The molecule has 3 nitrogen and oxygen atoms in total. The van der Waals surface area contributed by atoms with Crippen LogP contribution < -0.4 is 5.32 Å². The van der Waals surface area contributed by atoms with Gasteiger partial charge in [0.15, 0.2) is 5.82 Å². The molecule has 0 saturated heterocycles. The van der Waals surface area contributed by atoms with Crippen molar-refractivity contribution in [1.29, 1.82) is 0 Å².